The molecular weight excluding hydrogens is 382 g/mol. The van der Waals surface area contributed by atoms with Gasteiger partial charge in [0, 0.05) is 42.4 Å². The summed E-state index contributed by atoms with van der Waals surface area (Å²) >= 11 is 1.68. The summed E-state index contributed by atoms with van der Waals surface area (Å²) in [6, 6.07) is 18.0. The Morgan fingerprint density at radius 3 is 2.76 bits per heavy atom. The topological polar surface area (TPSA) is 83.7 Å². The number of aromatic nitrogens is 3. The summed E-state index contributed by atoms with van der Waals surface area (Å²) < 4.78 is 7.35. The predicted molar refractivity (Wildman–Crippen MR) is 113 cm³/mol. The van der Waals surface area contributed by atoms with Crippen LogP contribution in [0.1, 0.15) is 18.5 Å². The first-order chi connectivity index (χ1) is 14.3. The van der Waals surface area contributed by atoms with Crippen molar-refractivity contribution in [2.24, 2.45) is 0 Å². The van der Waals surface area contributed by atoms with Crippen LogP contribution in [0, 0.1) is 11.3 Å². The van der Waals surface area contributed by atoms with Crippen molar-refractivity contribution in [3.63, 3.8) is 0 Å². The first-order valence-electron chi connectivity index (χ1n) is 9.39. The molecule has 1 N–H and O–H groups in total. The highest BCUT2D eigenvalue weighted by molar-refractivity contribution is 7.22. The molecule has 1 aliphatic carbocycles. The van der Waals surface area contributed by atoms with E-state index in [1.165, 1.54) is 4.70 Å². The molecule has 6 nitrogen and oxygen atoms in total. The first kappa shape index (κ1) is 17.6. The second kappa shape index (κ2) is 7.49. The SMILES string of the molecule is N#Cc1ccc(-c2cccnc2O[C@H]2C[C@@H](Nc3nc4ccccc4s3)C2)cn1. The van der Waals surface area contributed by atoms with E-state index in [9.17, 15) is 0 Å². The molecule has 1 aromatic carbocycles. The lowest BCUT2D eigenvalue weighted by Crippen LogP contribution is -2.42. The molecule has 1 fully saturated rings. The predicted octanol–water partition coefficient (Wildman–Crippen LogP) is 4.65. The number of benzene rings is 1. The van der Waals surface area contributed by atoms with Gasteiger partial charge in [-0.3, -0.25) is 0 Å². The van der Waals surface area contributed by atoms with E-state index in [1.54, 1.807) is 29.8 Å². The molecule has 0 unspecified atom stereocenters. The zero-order valence-corrected chi connectivity index (χ0v) is 16.3. The number of thiazole rings is 1. The second-order valence-electron chi connectivity index (χ2n) is 6.94. The number of pyridine rings is 2. The molecule has 0 atom stereocenters. The van der Waals surface area contributed by atoms with Crippen LogP contribution in [0.4, 0.5) is 5.13 Å². The summed E-state index contributed by atoms with van der Waals surface area (Å²) in [6.07, 6.45) is 5.32. The summed E-state index contributed by atoms with van der Waals surface area (Å²) in [6.45, 7) is 0. The number of nitrogens with zero attached hydrogens (tertiary/aromatic N) is 4. The Morgan fingerprint density at radius 2 is 1.97 bits per heavy atom. The third-order valence-electron chi connectivity index (χ3n) is 4.95. The van der Waals surface area contributed by atoms with Gasteiger partial charge in [0.1, 0.15) is 17.9 Å². The van der Waals surface area contributed by atoms with Gasteiger partial charge in [-0.2, -0.15) is 5.26 Å². The average molecular weight is 399 g/mol. The van der Waals surface area contributed by atoms with E-state index in [-0.39, 0.29) is 6.10 Å². The highest BCUT2D eigenvalue weighted by Crippen LogP contribution is 2.34. The molecule has 5 rings (SSSR count). The fraction of sp³-hybridized carbons (Fsp3) is 0.182. The summed E-state index contributed by atoms with van der Waals surface area (Å²) in [5, 5.41) is 13.4. The number of nitrogens with one attached hydrogen (secondary N) is 1. The lowest BCUT2D eigenvalue weighted by atomic mass is 9.89. The Morgan fingerprint density at radius 1 is 1.07 bits per heavy atom. The molecule has 142 valence electrons. The highest BCUT2D eigenvalue weighted by Gasteiger charge is 2.32. The molecule has 7 heteroatoms. The maximum atomic E-state index is 8.92. The molecule has 29 heavy (non-hydrogen) atoms. The van der Waals surface area contributed by atoms with E-state index in [2.05, 4.69) is 26.3 Å². The van der Waals surface area contributed by atoms with E-state index >= 15 is 0 Å². The second-order valence-corrected chi connectivity index (χ2v) is 7.97. The van der Waals surface area contributed by atoms with Crippen molar-refractivity contribution >= 4 is 26.7 Å². The summed E-state index contributed by atoms with van der Waals surface area (Å²) in [5.74, 6) is 0.599. The van der Waals surface area contributed by atoms with Crippen molar-refractivity contribution in [2.45, 2.75) is 25.0 Å². The molecule has 4 aromatic rings. The third kappa shape index (κ3) is 3.62. The number of fused-ring (bicyclic) bond motifs is 1. The fourth-order valence-electron chi connectivity index (χ4n) is 3.37. The van der Waals surface area contributed by atoms with Crippen molar-refractivity contribution in [2.75, 3.05) is 5.32 Å². The van der Waals surface area contributed by atoms with E-state index in [0.29, 0.717) is 17.6 Å². The number of ether oxygens (including phenoxy) is 1. The molecule has 3 aromatic heterocycles. The van der Waals surface area contributed by atoms with Crippen LogP contribution in [-0.4, -0.2) is 27.1 Å². The van der Waals surface area contributed by atoms with Crippen molar-refractivity contribution in [1.29, 1.82) is 5.26 Å². The van der Waals surface area contributed by atoms with Crippen LogP contribution in [0.2, 0.25) is 0 Å². The van der Waals surface area contributed by atoms with E-state index in [4.69, 9.17) is 10.00 Å². The summed E-state index contributed by atoms with van der Waals surface area (Å²) in [5.41, 5.74) is 3.19. The Bertz CT molecular complexity index is 1160. The van der Waals surface area contributed by atoms with Crippen LogP contribution in [0.15, 0.2) is 60.9 Å². The van der Waals surface area contributed by atoms with Crippen LogP contribution in [0.25, 0.3) is 21.3 Å². The van der Waals surface area contributed by atoms with Gasteiger partial charge >= 0.3 is 0 Å². The third-order valence-corrected chi connectivity index (χ3v) is 5.92. The van der Waals surface area contributed by atoms with E-state index in [0.717, 1.165) is 34.6 Å². The Labute approximate surface area is 171 Å². The Balaban J connectivity index is 1.24. The minimum absolute atomic E-state index is 0.113. The van der Waals surface area contributed by atoms with Crippen LogP contribution in [0.5, 0.6) is 5.88 Å². The van der Waals surface area contributed by atoms with Gasteiger partial charge in [0.25, 0.3) is 0 Å². The van der Waals surface area contributed by atoms with Crippen molar-refractivity contribution in [3.05, 3.63) is 66.6 Å². The fourth-order valence-corrected chi connectivity index (χ4v) is 4.31. The first-order valence-corrected chi connectivity index (χ1v) is 10.2. The maximum Gasteiger partial charge on any atom is 0.221 e. The van der Waals surface area contributed by atoms with Gasteiger partial charge in [0.2, 0.25) is 5.88 Å². The van der Waals surface area contributed by atoms with Crippen molar-refractivity contribution in [3.8, 4) is 23.1 Å². The van der Waals surface area contributed by atoms with E-state index < -0.39 is 0 Å². The number of nitriles is 1. The average Bonchev–Trinajstić information content (AvgIpc) is 3.15. The molecule has 0 aliphatic heterocycles. The molecule has 1 saturated carbocycles. The Hall–Kier alpha value is -3.50. The van der Waals surface area contributed by atoms with Crippen LogP contribution >= 0.6 is 11.3 Å². The maximum absolute atomic E-state index is 8.92. The van der Waals surface area contributed by atoms with Crippen LogP contribution in [-0.2, 0) is 0 Å². The van der Waals surface area contributed by atoms with Gasteiger partial charge in [0.05, 0.1) is 10.2 Å². The standard InChI is InChI=1S/C22H17N5OS/c23-12-15-8-7-14(13-25-15)18-4-3-9-24-21(18)28-17-10-16(11-17)26-22-27-19-5-1-2-6-20(19)29-22/h1-9,13,16-17H,10-11H2,(H,26,27)/t16-,17+. The van der Waals surface area contributed by atoms with Gasteiger partial charge in [-0.05, 0) is 36.4 Å². The molecule has 0 bridgehead atoms. The highest BCUT2D eigenvalue weighted by atomic mass is 32.1. The van der Waals surface area contributed by atoms with Crippen molar-refractivity contribution in [1.82, 2.24) is 15.0 Å². The minimum atomic E-state index is 0.113. The van der Waals surface area contributed by atoms with E-state index in [1.807, 2.05) is 42.5 Å². The largest absolute Gasteiger partial charge is 0.474 e. The van der Waals surface area contributed by atoms with Gasteiger partial charge in [-0.1, -0.05) is 23.5 Å². The molecule has 3 heterocycles. The van der Waals surface area contributed by atoms with Crippen LogP contribution < -0.4 is 10.1 Å². The number of hydrogen-bond donors (Lipinski definition) is 1. The summed E-state index contributed by atoms with van der Waals surface area (Å²) in [4.78, 5) is 13.2. The zero-order chi connectivity index (χ0) is 19.6. The van der Waals surface area contributed by atoms with Gasteiger partial charge in [-0.15, -0.1) is 0 Å². The quantitative estimate of drug-likeness (QED) is 0.526. The number of anilines is 1. The number of hydrogen-bond acceptors (Lipinski definition) is 7. The minimum Gasteiger partial charge on any atom is -0.474 e. The van der Waals surface area contributed by atoms with Gasteiger partial charge < -0.3 is 10.1 Å². The Kier molecular flexibility index (Phi) is 4.54. The molecule has 0 saturated heterocycles. The van der Waals surface area contributed by atoms with Crippen LogP contribution in [0.3, 0.4) is 0 Å². The number of para-hydroxylation sites is 1. The number of rotatable bonds is 5. The van der Waals surface area contributed by atoms with Gasteiger partial charge in [-0.25, -0.2) is 15.0 Å². The zero-order valence-electron chi connectivity index (χ0n) is 15.4. The monoisotopic (exact) mass is 399 g/mol. The molecule has 1 aliphatic rings. The molecular formula is C22H17N5OS. The summed E-state index contributed by atoms with van der Waals surface area (Å²) in [7, 11) is 0. The normalized spacial score (nSPS) is 18.0. The molecule has 0 radical (unpaired) electrons. The lowest BCUT2D eigenvalue weighted by Gasteiger charge is -2.35. The van der Waals surface area contributed by atoms with Crippen molar-refractivity contribution < 1.29 is 4.74 Å². The van der Waals surface area contributed by atoms with Gasteiger partial charge in [0.15, 0.2) is 5.13 Å². The smallest absolute Gasteiger partial charge is 0.221 e. The molecule has 0 amide bonds. The molecule has 0 spiro atoms. The lowest BCUT2D eigenvalue weighted by molar-refractivity contribution is 0.103.